The SMILES string of the molecule is CCc1cccc2c1CCN2C1CCC(=O)NC1=O. The van der Waals surface area contributed by atoms with Crippen molar-refractivity contribution < 1.29 is 9.59 Å². The summed E-state index contributed by atoms with van der Waals surface area (Å²) in [6.07, 6.45) is 3.08. The molecule has 0 saturated carbocycles. The van der Waals surface area contributed by atoms with Gasteiger partial charge in [0, 0.05) is 18.7 Å². The van der Waals surface area contributed by atoms with Gasteiger partial charge in [-0.2, -0.15) is 0 Å². The number of hydrogen-bond acceptors (Lipinski definition) is 3. The molecule has 1 saturated heterocycles. The lowest BCUT2D eigenvalue weighted by atomic mass is 10.0. The number of anilines is 1. The minimum atomic E-state index is -0.189. The molecule has 1 N–H and O–H groups in total. The molecule has 3 rings (SSSR count). The van der Waals surface area contributed by atoms with Crippen LogP contribution >= 0.6 is 0 Å². The number of aryl methyl sites for hydroxylation is 1. The fourth-order valence-electron chi connectivity index (χ4n) is 3.17. The fraction of sp³-hybridized carbons (Fsp3) is 0.467. The Balaban J connectivity index is 1.90. The van der Waals surface area contributed by atoms with Gasteiger partial charge >= 0.3 is 0 Å². The molecule has 1 aromatic carbocycles. The summed E-state index contributed by atoms with van der Waals surface area (Å²) in [7, 11) is 0. The van der Waals surface area contributed by atoms with Gasteiger partial charge in [-0.1, -0.05) is 19.1 Å². The number of piperidine rings is 1. The summed E-state index contributed by atoms with van der Waals surface area (Å²) >= 11 is 0. The Morgan fingerprint density at radius 1 is 1.32 bits per heavy atom. The average molecular weight is 258 g/mol. The number of amides is 2. The number of fused-ring (bicyclic) bond motifs is 1. The molecule has 0 radical (unpaired) electrons. The van der Waals surface area contributed by atoms with Crippen LogP contribution in [0.2, 0.25) is 0 Å². The second-order valence-electron chi connectivity index (χ2n) is 5.18. The van der Waals surface area contributed by atoms with E-state index in [1.54, 1.807) is 0 Å². The van der Waals surface area contributed by atoms with E-state index in [0.717, 1.165) is 19.4 Å². The minimum Gasteiger partial charge on any atom is -0.359 e. The molecule has 0 bridgehead atoms. The van der Waals surface area contributed by atoms with Crippen molar-refractivity contribution >= 4 is 17.5 Å². The van der Waals surface area contributed by atoms with Crippen LogP contribution in [0.3, 0.4) is 0 Å². The van der Waals surface area contributed by atoms with E-state index < -0.39 is 0 Å². The lowest BCUT2D eigenvalue weighted by Gasteiger charge is -2.31. The van der Waals surface area contributed by atoms with Crippen LogP contribution in [0.5, 0.6) is 0 Å². The number of carbonyl (C=O) groups excluding carboxylic acids is 2. The number of hydrogen-bond donors (Lipinski definition) is 1. The van der Waals surface area contributed by atoms with Crippen molar-refractivity contribution in [3.8, 4) is 0 Å². The third-order valence-electron chi connectivity index (χ3n) is 4.13. The monoisotopic (exact) mass is 258 g/mol. The molecule has 1 aromatic rings. The van der Waals surface area contributed by atoms with Crippen molar-refractivity contribution in [2.45, 2.75) is 38.6 Å². The molecule has 1 atom stereocenters. The molecule has 4 nitrogen and oxygen atoms in total. The van der Waals surface area contributed by atoms with Gasteiger partial charge in [0.2, 0.25) is 11.8 Å². The molecule has 2 amide bonds. The molecule has 100 valence electrons. The quantitative estimate of drug-likeness (QED) is 0.816. The summed E-state index contributed by atoms with van der Waals surface area (Å²) in [5, 5.41) is 2.45. The van der Waals surface area contributed by atoms with Crippen molar-refractivity contribution in [1.82, 2.24) is 5.32 Å². The van der Waals surface area contributed by atoms with Crippen LogP contribution in [0.1, 0.15) is 30.9 Å². The number of nitrogens with zero attached hydrogens (tertiary/aromatic N) is 1. The summed E-state index contributed by atoms with van der Waals surface area (Å²) in [6.45, 7) is 3.03. The van der Waals surface area contributed by atoms with Crippen LogP contribution in [-0.2, 0) is 22.4 Å². The lowest BCUT2D eigenvalue weighted by Crippen LogP contribution is -2.52. The standard InChI is InChI=1S/C15H18N2O2/c1-2-10-4-3-5-12-11(10)8-9-17(12)13-6-7-14(18)16-15(13)19/h3-5,13H,2,6-9H2,1H3,(H,16,18,19). The Morgan fingerprint density at radius 2 is 2.16 bits per heavy atom. The number of imide groups is 1. The lowest BCUT2D eigenvalue weighted by molar-refractivity contribution is -0.134. The zero-order valence-corrected chi connectivity index (χ0v) is 11.1. The third-order valence-corrected chi connectivity index (χ3v) is 4.13. The normalized spacial score (nSPS) is 22.4. The predicted octanol–water partition coefficient (Wildman–Crippen LogP) is 1.42. The van der Waals surface area contributed by atoms with Crippen LogP contribution in [0.15, 0.2) is 18.2 Å². The van der Waals surface area contributed by atoms with E-state index in [-0.39, 0.29) is 17.9 Å². The van der Waals surface area contributed by atoms with Crippen LogP contribution in [0.4, 0.5) is 5.69 Å². The Labute approximate surface area is 112 Å². The molecule has 0 aromatic heterocycles. The van der Waals surface area contributed by atoms with Gasteiger partial charge in [0.25, 0.3) is 0 Å². The smallest absolute Gasteiger partial charge is 0.249 e. The first-order valence-corrected chi connectivity index (χ1v) is 6.91. The van der Waals surface area contributed by atoms with Crippen molar-refractivity contribution in [2.24, 2.45) is 0 Å². The van der Waals surface area contributed by atoms with Gasteiger partial charge < -0.3 is 4.90 Å². The Bertz CT molecular complexity index is 539. The van der Waals surface area contributed by atoms with Gasteiger partial charge in [-0.3, -0.25) is 14.9 Å². The maximum Gasteiger partial charge on any atom is 0.249 e. The van der Waals surface area contributed by atoms with Gasteiger partial charge in [0.1, 0.15) is 6.04 Å². The van der Waals surface area contributed by atoms with E-state index in [9.17, 15) is 9.59 Å². The molecule has 1 fully saturated rings. The summed E-state index contributed by atoms with van der Waals surface area (Å²) in [4.78, 5) is 25.4. The van der Waals surface area contributed by atoms with Gasteiger partial charge in [-0.05, 0) is 36.5 Å². The molecule has 0 aliphatic carbocycles. The van der Waals surface area contributed by atoms with Crippen LogP contribution < -0.4 is 10.2 Å². The van der Waals surface area contributed by atoms with Gasteiger partial charge in [0.15, 0.2) is 0 Å². The number of nitrogens with one attached hydrogen (secondary N) is 1. The molecular formula is C15H18N2O2. The van der Waals surface area contributed by atoms with Crippen LogP contribution in [0.25, 0.3) is 0 Å². The zero-order chi connectivity index (χ0) is 13.4. The van der Waals surface area contributed by atoms with Crippen molar-refractivity contribution in [1.29, 1.82) is 0 Å². The molecule has 4 heteroatoms. The van der Waals surface area contributed by atoms with E-state index >= 15 is 0 Å². The largest absolute Gasteiger partial charge is 0.359 e. The number of carbonyl (C=O) groups is 2. The average Bonchev–Trinajstić information content (AvgIpc) is 2.82. The summed E-state index contributed by atoms with van der Waals surface area (Å²) in [6, 6.07) is 6.12. The molecule has 2 heterocycles. The first-order chi connectivity index (χ1) is 9.20. The van der Waals surface area contributed by atoms with E-state index in [1.165, 1.54) is 16.8 Å². The minimum absolute atomic E-state index is 0.147. The molecule has 0 spiro atoms. The molecule has 2 aliphatic rings. The van der Waals surface area contributed by atoms with Gasteiger partial charge in [-0.15, -0.1) is 0 Å². The summed E-state index contributed by atoms with van der Waals surface area (Å²) in [5.74, 6) is -0.297. The third kappa shape index (κ3) is 2.01. The highest BCUT2D eigenvalue weighted by Gasteiger charge is 2.35. The highest BCUT2D eigenvalue weighted by molar-refractivity contribution is 6.01. The number of rotatable bonds is 2. The highest BCUT2D eigenvalue weighted by Crippen LogP contribution is 2.33. The van der Waals surface area contributed by atoms with Crippen molar-refractivity contribution in [3.05, 3.63) is 29.3 Å². The summed E-state index contributed by atoms with van der Waals surface area (Å²) in [5.41, 5.74) is 3.91. The maximum absolute atomic E-state index is 12.0. The van der Waals surface area contributed by atoms with Crippen LogP contribution in [-0.4, -0.2) is 24.4 Å². The van der Waals surface area contributed by atoms with E-state index in [0.29, 0.717) is 12.8 Å². The zero-order valence-electron chi connectivity index (χ0n) is 11.1. The highest BCUT2D eigenvalue weighted by atomic mass is 16.2. The topological polar surface area (TPSA) is 49.4 Å². The Hall–Kier alpha value is -1.84. The van der Waals surface area contributed by atoms with Crippen LogP contribution in [0, 0.1) is 0 Å². The molecule has 1 unspecified atom stereocenters. The second kappa shape index (κ2) is 4.68. The molecule has 19 heavy (non-hydrogen) atoms. The van der Waals surface area contributed by atoms with Crippen molar-refractivity contribution in [3.63, 3.8) is 0 Å². The first-order valence-electron chi connectivity index (χ1n) is 6.91. The van der Waals surface area contributed by atoms with Crippen molar-refractivity contribution in [2.75, 3.05) is 11.4 Å². The molecule has 2 aliphatic heterocycles. The Morgan fingerprint density at radius 3 is 2.89 bits per heavy atom. The second-order valence-corrected chi connectivity index (χ2v) is 5.18. The first kappa shape index (κ1) is 12.2. The Kier molecular flexibility index (Phi) is 3.01. The number of benzene rings is 1. The van der Waals surface area contributed by atoms with E-state index in [2.05, 4.69) is 35.3 Å². The van der Waals surface area contributed by atoms with E-state index in [1.807, 2.05) is 0 Å². The predicted molar refractivity (Wildman–Crippen MR) is 73.0 cm³/mol. The maximum atomic E-state index is 12.0. The fourth-order valence-corrected chi connectivity index (χ4v) is 3.17. The van der Waals surface area contributed by atoms with Gasteiger partial charge in [0.05, 0.1) is 0 Å². The van der Waals surface area contributed by atoms with E-state index in [4.69, 9.17) is 0 Å². The molecular weight excluding hydrogens is 240 g/mol. The summed E-state index contributed by atoms with van der Waals surface area (Å²) < 4.78 is 0. The van der Waals surface area contributed by atoms with Gasteiger partial charge in [-0.25, -0.2) is 0 Å².